The van der Waals surface area contributed by atoms with E-state index in [1.807, 2.05) is 6.92 Å². The number of nitrogens with zero attached hydrogens (tertiary/aromatic N) is 2. The normalized spacial score (nSPS) is 17.2. The fourth-order valence-electron chi connectivity index (χ4n) is 3.07. The van der Waals surface area contributed by atoms with Crippen LogP contribution in [0.1, 0.15) is 30.6 Å². The fourth-order valence-corrected chi connectivity index (χ4v) is 4.24. The number of nitrogens with one attached hydrogen (secondary N) is 1. The number of rotatable bonds is 7. The third kappa shape index (κ3) is 5.67. The van der Waals surface area contributed by atoms with Crippen LogP contribution in [0.15, 0.2) is 53.5 Å². The van der Waals surface area contributed by atoms with Gasteiger partial charge < -0.3 is 14.8 Å². The topological polar surface area (TPSA) is 97.3 Å². The molecule has 1 N–H and O–H groups in total. The average Bonchev–Trinajstić information content (AvgIpc) is 2.79. The molecule has 32 heavy (non-hydrogen) atoms. The van der Waals surface area contributed by atoms with Crippen LogP contribution in [-0.2, 0) is 14.3 Å². The summed E-state index contributed by atoms with van der Waals surface area (Å²) in [4.78, 5) is 43.5. The van der Waals surface area contributed by atoms with Gasteiger partial charge in [0.2, 0.25) is 11.8 Å². The molecule has 1 saturated heterocycles. The maximum absolute atomic E-state index is 12.8. The second kappa shape index (κ2) is 10.8. The molecule has 1 aliphatic heterocycles. The van der Waals surface area contributed by atoms with Crippen LogP contribution in [0.2, 0.25) is 0 Å². The Balaban J connectivity index is 1.77. The van der Waals surface area contributed by atoms with Gasteiger partial charge >= 0.3 is 5.97 Å². The molecule has 1 unspecified atom stereocenters. The molecule has 2 amide bonds. The molecule has 2 aromatic carbocycles. The molecule has 0 spiro atoms. The van der Waals surface area contributed by atoms with Gasteiger partial charge in [-0.3, -0.25) is 14.5 Å². The molecule has 8 nitrogen and oxygen atoms in total. The van der Waals surface area contributed by atoms with E-state index in [1.54, 1.807) is 67.5 Å². The Labute approximate surface area is 191 Å². The van der Waals surface area contributed by atoms with E-state index in [4.69, 9.17) is 9.47 Å². The summed E-state index contributed by atoms with van der Waals surface area (Å²) in [6.45, 7) is 4.34. The Hall–Kier alpha value is -3.33. The zero-order valence-electron chi connectivity index (χ0n) is 18.2. The second-order valence-electron chi connectivity index (χ2n) is 6.83. The highest BCUT2D eigenvalue weighted by molar-refractivity contribution is 8.15. The lowest BCUT2D eigenvalue weighted by Crippen LogP contribution is -2.45. The molecule has 0 saturated carbocycles. The van der Waals surface area contributed by atoms with Gasteiger partial charge in [-0.15, -0.1) is 0 Å². The van der Waals surface area contributed by atoms with Crippen molar-refractivity contribution in [2.24, 2.45) is 4.99 Å². The number of amides is 2. The van der Waals surface area contributed by atoms with Crippen LogP contribution in [0, 0.1) is 0 Å². The summed E-state index contributed by atoms with van der Waals surface area (Å²) >= 11 is 1.24. The third-order valence-corrected chi connectivity index (χ3v) is 5.88. The summed E-state index contributed by atoms with van der Waals surface area (Å²) in [5.41, 5.74) is 1.58. The summed E-state index contributed by atoms with van der Waals surface area (Å²) in [5.74, 6) is -0.226. The Morgan fingerprint density at radius 1 is 1.19 bits per heavy atom. The first-order valence-electron chi connectivity index (χ1n) is 10.2. The molecule has 2 aromatic rings. The molecule has 1 atom stereocenters. The van der Waals surface area contributed by atoms with E-state index in [-0.39, 0.29) is 18.2 Å². The summed E-state index contributed by atoms with van der Waals surface area (Å²) < 4.78 is 10.2. The lowest BCUT2D eigenvalue weighted by Gasteiger charge is -2.30. The first-order chi connectivity index (χ1) is 15.4. The molecule has 3 rings (SSSR count). The van der Waals surface area contributed by atoms with Gasteiger partial charge in [-0.05, 0) is 50.2 Å². The predicted molar refractivity (Wildman–Crippen MR) is 125 cm³/mol. The fraction of sp³-hybridized carbons (Fsp3) is 0.304. The standard InChI is InChI=1S/C23H25N3O5S/c1-4-26-20(27)14-19(21(28)24-17-7-6-8-18(13-17)30-3)32-23(26)25-16-11-9-15(10-12-16)22(29)31-5-2/h6-13,19H,4-5,14H2,1-3H3,(H,24,28). The van der Waals surface area contributed by atoms with Gasteiger partial charge in [0, 0.05) is 24.7 Å². The van der Waals surface area contributed by atoms with Crippen molar-refractivity contribution in [1.82, 2.24) is 4.90 Å². The summed E-state index contributed by atoms with van der Waals surface area (Å²) in [6, 6.07) is 13.6. The number of ether oxygens (including phenoxy) is 2. The molecule has 168 valence electrons. The Bertz CT molecular complexity index is 1020. The number of hydrogen-bond acceptors (Lipinski definition) is 7. The van der Waals surface area contributed by atoms with Crippen molar-refractivity contribution in [3.8, 4) is 5.75 Å². The van der Waals surface area contributed by atoms with Crippen molar-refractivity contribution in [2.75, 3.05) is 25.6 Å². The summed E-state index contributed by atoms with van der Waals surface area (Å²) in [5, 5.41) is 2.67. The van der Waals surface area contributed by atoms with Crippen molar-refractivity contribution in [1.29, 1.82) is 0 Å². The van der Waals surface area contributed by atoms with E-state index >= 15 is 0 Å². The number of methoxy groups -OCH3 is 1. The molecule has 0 bridgehead atoms. The number of aliphatic imine (C=N–C) groups is 1. The molecule has 9 heteroatoms. The highest BCUT2D eigenvalue weighted by atomic mass is 32.2. The van der Waals surface area contributed by atoms with Crippen LogP contribution < -0.4 is 10.1 Å². The number of carbonyl (C=O) groups is 3. The van der Waals surface area contributed by atoms with E-state index < -0.39 is 11.2 Å². The largest absolute Gasteiger partial charge is 0.497 e. The first kappa shape index (κ1) is 23.3. The molecular formula is C23H25N3O5S. The molecule has 0 radical (unpaired) electrons. The Morgan fingerprint density at radius 3 is 2.59 bits per heavy atom. The lowest BCUT2D eigenvalue weighted by atomic mass is 10.2. The average molecular weight is 456 g/mol. The quantitative estimate of drug-likeness (QED) is 0.637. The molecule has 1 aliphatic rings. The maximum atomic E-state index is 12.8. The van der Waals surface area contributed by atoms with Gasteiger partial charge in [-0.25, -0.2) is 9.79 Å². The molecule has 0 aromatic heterocycles. The minimum atomic E-state index is -0.617. The van der Waals surface area contributed by atoms with Gasteiger partial charge in [0.05, 0.1) is 25.0 Å². The second-order valence-corrected chi connectivity index (χ2v) is 8.00. The van der Waals surface area contributed by atoms with Crippen LogP contribution >= 0.6 is 11.8 Å². The van der Waals surface area contributed by atoms with Gasteiger partial charge in [0.1, 0.15) is 11.0 Å². The number of carbonyl (C=O) groups excluding carboxylic acids is 3. The van der Waals surface area contributed by atoms with Crippen LogP contribution in [0.4, 0.5) is 11.4 Å². The van der Waals surface area contributed by atoms with Crippen LogP contribution in [0.3, 0.4) is 0 Å². The minimum absolute atomic E-state index is 0.0785. The van der Waals surface area contributed by atoms with E-state index in [2.05, 4.69) is 10.3 Å². The smallest absolute Gasteiger partial charge is 0.338 e. The SMILES string of the molecule is CCOC(=O)c1ccc(N=C2SC(C(=O)Nc3cccc(OC)c3)CC(=O)N2CC)cc1. The zero-order chi connectivity index (χ0) is 23.1. The number of hydrogen-bond donors (Lipinski definition) is 1. The number of esters is 1. The molecule has 1 fully saturated rings. The van der Waals surface area contributed by atoms with E-state index in [1.165, 1.54) is 11.8 Å². The van der Waals surface area contributed by atoms with Crippen LogP contribution in [-0.4, -0.2) is 53.4 Å². The van der Waals surface area contributed by atoms with Crippen LogP contribution in [0.25, 0.3) is 0 Å². The number of amidine groups is 1. The highest BCUT2D eigenvalue weighted by Crippen LogP contribution is 2.30. The minimum Gasteiger partial charge on any atom is -0.497 e. The zero-order valence-corrected chi connectivity index (χ0v) is 19.0. The monoisotopic (exact) mass is 455 g/mol. The van der Waals surface area contributed by atoms with Crippen molar-refractivity contribution >= 4 is 46.1 Å². The van der Waals surface area contributed by atoms with Crippen molar-refractivity contribution in [3.05, 3.63) is 54.1 Å². The van der Waals surface area contributed by atoms with Gasteiger partial charge in [0.15, 0.2) is 5.17 Å². The Morgan fingerprint density at radius 2 is 1.94 bits per heavy atom. The van der Waals surface area contributed by atoms with Crippen molar-refractivity contribution in [3.63, 3.8) is 0 Å². The van der Waals surface area contributed by atoms with E-state index in [0.717, 1.165) is 0 Å². The first-order valence-corrected chi connectivity index (χ1v) is 11.1. The summed E-state index contributed by atoms with van der Waals surface area (Å²) in [6.07, 6.45) is 0.0785. The highest BCUT2D eigenvalue weighted by Gasteiger charge is 2.35. The van der Waals surface area contributed by atoms with E-state index in [9.17, 15) is 14.4 Å². The van der Waals surface area contributed by atoms with E-state index in [0.29, 0.717) is 41.0 Å². The number of anilines is 1. The molecular weight excluding hydrogens is 430 g/mol. The Kier molecular flexibility index (Phi) is 7.88. The van der Waals surface area contributed by atoms with Gasteiger partial charge in [-0.2, -0.15) is 0 Å². The van der Waals surface area contributed by atoms with Gasteiger partial charge in [0.25, 0.3) is 0 Å². The lowest BCUT2D eigenvalue weighted by molar-refractivity contribution is -0.129. The number of thioether (sulfide) groups is 1. The van der Waals surface area contributed by atoms with Crippen molar-refractivity contribution < 1.29 is 23.9 Å². The summed E-state index contributed by atoms with van der Waals surface area (Å²) in [7, 11) is 1.55. The predicted octanol–water partition coefficient (Wildman–Crippen LogP) is 3.85. The third-order valence-electron chi connectivity index (χ3n) is 4.69. The van der Waals surface area contributed by atoms with Gasteiger partial charge in [-0.1, -0.05) is 17.8 Å². The number of benzene rings is 2. The molecule has 0 aliphatic carbocycles. The maximum Gasteiger partial charge on any atom is 0.338 e. The van der Waals surface area contributed by atoms with Crippen molar-refractivity contribution in [2.45, 2.75) is 25.5 Å². The molecule has 1 heterocycles. The van der Waals surface area contributed by atoms with Crippen LogP contribution in [0.5, 0.6) is 5.75 Å².